The number of amides is 1. The molecule has 0 saturated carbocycles. The number of fused-ring (bicyclic) bond motifs is 1. The van der Waals surface area contributed by atoms with Crippen LogP contribution in [0.1, 0.15) is 56.8 Å². The van der Waals surface area contributed by atoms with E-state index in [2.05, 4.69) is 34.1 Å². The van der Waals surface area contributed by atoms with Crippen LogP contribution >= 0.6 is 0 Å². The minimum absolute atomic E-state index is 0.187. The van der Waals surface area contributed by atoms with Crippen molar-refractivity contribution in [1.29, 1.82) is 0 Å². The zero-order chi connectivity index (χ0) is 33.8. The molecule has 5 aromatic rings. The van der Waals surface area contributed by atoms with Crippen LogP contribution in [0.25, 0.3) is 22.0 Å². The van der Waals surface area contributed by atoms with E-state index in [-0.39, 0.29) is 11.7 Å². The molecule has 1 heterocycles. The molecule has 0 aliphatic heterocycles. The number of alkyl halides is 6. The van der Waals surface area contributed by atoms with E-state index < -0.39 is 41.0 Å². The van der Waals surface area contributed by atoms with Gasteiger partial charge in [0, 0.05) is 28.7 Å². The largest absolute Gasteiger partial charge is 0.416 e. The van der Waals surface area contributed by atoms with Crippen LogP contribution in [0.3, 0.4) is 0 Å². The first-order valence-electron chi connectivity index (χ1n) is 14.0. The second-order valence-electron chi connectivity index (χ2n) is 10.7. The third kappa shape index (κ3) is 7.38. The highest BCUT2D eigenvalue weighted by molar-refractivity contribution is 5.99. The number of benzene rings is 4. The predicted octanol–water partition coefficient (Wildman–Crippen LogP) is 8.92. The lowest BCUT2D eigenvalue weighted by atomic mass is 9.97. The number of hydrogen-bond donors (Lipinski definition) is 1. The Morgan fingerprint density at radius 2 is 1.41 bits per heavy atom. The maximum Gasteiger partial charge on any atom is 0.416 e. The number of rotatable bonds is 6. The lowest BCUT2D eigenvalue weighted by Crippen LogP contribution is -2.28. The highest BCUT2D eigenvalue weighted by Gasteiger charge is 2.38. The van der Waals surface area contributed by atoms with Crippen molar-refractivity contribution in [1.82, 2.24) is 9.88 Å². The van der Waals surface area contributed by atoms with Gasteiger partial charge < -0.3 is 9.88 Å². The number of aryl methyl sites for hydroxylation is 1. The second kappa shape index (κ2) is 13.5. The van der Waals surface area contributed by atoms with Crippen molar-refractivity contribution in [3.63, 3.8) is 0 Å². The average Bonchev–Trinajstić information content (AvgIpc) is 3.25. The van der Waals surface area contributed by atoms with Gasteiger partial charge in [-0.25, -0.2) is 0 Å². The fourth-order valence-electron chi connectivity index (χ4n) is 5.32. The van der Waals surface area contributed by atoms with Crippen molar-refractivity contribution in [2.45, 2.75) is 45.7 Å². The topological polar surface area (TPSA) is 68.2 Å². The summed E-state index contributed by atoms with van der Waals surface area (Å²) in [7, 11) is 0. The lowest BCUT2D eigenvalue weighted by molar-refractivity contribution is -0.191. The van der Waals surface area contributed by atoms with Crippen LogP contribution in [-0.2, 0) is 28.5 Å². The average molecular weight is 639 g/mol. The Balaban J connectivity index is 0.00000154. The maximum absolute atomic E-state index is 13.6. The Bertz CT molecular complexity index is 1890. The van der Waals surface area contributed by atoms with Crippen molar-refractivity contribution in [3.8, 4) is 11.1 Å². The summed E-state index contributed by atoms with van der Waals surface area (Å²) in [5.41, 5.74) is 3.19. The molecule has 1 amide bonds. The van der Waals surface area contributed by atoms with Gasteiger partial charge in [0.2, 0.25) is 0 Å². The summed E-state index contributed by atoms with van der Waals surface area (Å²) >= 11 is 0. The molecule has 5 nitrogen and oxygen atoms in total. The zero-order valence-corrected chi connectivity index (χ0v) is 24.9. The number of carbonyl (C=O) groups is 1. The van der Waals surface area contributed by atoms with E-state index >= 15 is 0 Å². The number of nitrogens with one attached hydrogen (secondary N) is 1. The Hall–Kier alpha value is -5.15. The molecule has 1 aromatic heterocycles. The molecular weight excluding hydrogens is 610 g/mol. The Morgan fingerprint density at radius 3 is 2.00 bits per heavy atom. The van der Waals surface area contributed by atoms with Gasteiger partial charge in [-0.05, 0) is 85.0 Å². The minimum atomic E-state index is -4.89. The fraction of sp³-hybridized carbons (Fsp3) is 0.200. The number of halogens is 6. The SMILES string of the molecule is Cc1c(C)n(Cc2ccc(-c3ccccc3)cc2)c2ccc(C(=O)N[C@@H](C)c3cc(C(F)(F)F)ccc3C(F)(F)F)cc12.O=C=O. The molecule has 5 rings (SSSR count). The van der Waals surface area contributed by atoms with E-state index in [1.807, 2.05) is 44.2 Å². The van der Waals surface area contributed by atoms with E-state index in [1.165, 1.54) is 6.92 Å². The van der Waals surface area contributed by atoms with Crippen LogP contribution in [0, 0.1) is 13.8 Å². The lowest BCUT2D eigenvalue weighted by Gasteiger charge is -2.21. The predicted molar refractivity (Wildman–Crippen MR) is 160 cm³/mol. The van der Waals surface area contributed by atoms with E-state index in [9.17, 15) is 31.1 Å². The van der Waals surface area contributed by atoms with Gasteiger partial charge in [-0.1, -0.05) is 54.6 Å². The molecule has 46 heavy (non-hydrogen) atoms. The molecule has 0 saturated heterocycles. The Morgan fingerprint density at radius 1 is 0.804 bits per heavy atom. The van der Waals surface area contributed by atoms with E-state index in [0.717, 1.165) is 38.9 Å². The van der Waals surface area contributed by atoms with Crippen molar-refractivity contribution in [2.24, 2.45) is 0 Å². The first-order chi connectivity index (χ1) is 21.6. The molecule has 0 aliphatic carbocycles. The van der Waals surface area contributed by atoms with Gasteiger partial charge in [0.1, 0.15) is 0 Å². The van der Waals surface area contributed by atoms with Crippen molar-refractivity contribution >= 4 is 23.0 Å². The van der Waals surface area contributed by atoms with E-state index in [0.29, 0.717) is 24.7 Å². The van der Waals surface area contributed by atoms with Crippen molar-refractivity contribution in [3.05, 3.63) is 130 Å². The molecule has 238 valence electrons. The molecule has 0 fully saturated rings. The van der Waals surface area contributed by atoms with Crippen molar-refractivity contribution in [2.75, 3.05) is 0 Å². The third-order valence-electron chi connectivity index (χ3n) is 7.80. The monoisotopic (exact) mass is 638 g/mol. The quantitative estimate of drug-likeness (QED) is 0.189. The van der Waals surface area contributed by atoms with Crippen LogP contribution in [0.2, 0.25) is 0 Å². The number of nitrogens with zero attached hydrogens (tertiary/aromatic N) is 1. The van der Waals surface area contributed by atoms with E-state index in [1.54, 1.807) is 18.2 Å². The van der Waals surface area contributed by atoms with Crippen LogP contribution in [0.4, 0.5) is 26.3 Å². The van der Waals surface area contributed by atoms with Crippen molar-refractivity contribution < 1.29 is 40.7 Å². The summed E-state index contributed by atoms with van der Waals surface area (Å²) in [6, 6.07) is 23.2. The van der Waals surface area contributed by atoms with Gasteiger partial charge in [0.05, 0.1) is 17.2 Å². The molecule has 0 unspecified atom stereocenters. The molecule has 0 radical (unpaired) electrons. The Kier molecular flexibility index (Phi) is 9.87. The van der Waals surface area contributed by atoms with Gasteiger partial charge >= 0.3 is 18.5 Å². The summed E-state index contributed by atoms with van der Waals surface area (Å²) in [6.07, 6.45) is -9.48. The first kappa shape index (κ1) is 33.7. The highest BCUT2D eigenvalue weighted by atomic mass is 19.4. The summed E-state index contributed by atoms with van der Waals surface area (Å²) in [6.45, 7) is 5.72. The second-order valence-corrected chi connectivity index (χ2v) is 10.7. The number of carbonyl (C=O) groups excluding carboxylic acids is 3. The van der Waals surface area contributed by atoms with Crippen LogP contribution in [-0.4, -0.2) is 16.6 Å². The summed E-state index contributed by atoms with van der Waals surface area (Å²) in [5.74, 6) is -0.693. The normalized spacial score (nSPS) is 12.2. The summed E-state index contributed by atoms with van der Waals surface area (Å²) in [5, 5.41) is 3.25. The summed E-state index contributed by atoms with van der Waals surface area (Å²) < 4.78 is 82.8. The summed E-state index contributed by atoms with van der Waals surface area (Å²) in [4.78, 5) is 29.4. The standard InChI is InChI=1S/C34H28F6N2O.CO2/c1-20-22(3)42(19-23-9-11-25(12-10-23)24-7-5-4-6-8-24)31-16-13-26(17-28(20)31)32(43)41-21(2)29-18-27(33(35,36)37)14-15-30(29)34(38,39)40;2-1-3/h4-18,21H,19H2,1-3H3,(H,41,43);/t21-;/m0./s1. The molecule has 4 aromatic carbocycles. The molecule has 0 bridgehead atoms. The number of hydrogen-bond acceptors (Lipinski definition) is 3. The molecule has 1 atom stereocenters. The molecule has 0 aliphatic rings. The van der Waals surface area contributed by atoms with Gasteiger partial charge in [0.25, 0.3) is 5.91 Å². The smallest absolute Gasteiger partial charge is 0.346 e. The zero-order valence-electron chi connectivity index (χ0n) is 24.9. The molecule has 1 N–H and O–H groups in total. The third-order valence-corrected chi connectivity index (χ3v) is 7.80. The minimum Gasteiger partial charge on any atom is -0.346 e. The Labute approximate surface area is 260 Å². The fourth-order valence-corrected chi connectivity index (χ4v) is 5.32. The van der Waals surface area contributed by atoms with Gasteiger partial charge in [0.15, 0.2) is 0 Å². The first-order valence-corrected chi connectivity index (χ1v) is 14.0. The van der Waals surface area contributed by atoms with Gasteiger partial charge in [-0.3, -0.25) is 4.79 Å². The molecular formula is C35H28F6N2O3. The van der Waals surface area contributed by atoms with E-state index in [4.69, 9.17) is 9.59 Å². The van der Waals surface area contributed by atoms with Gasteiger partial charge in [-0.2, -0.15) is 35.9 Å². The van der Waals surface area contributed by atoms with Crippen LogP contribution < -0.4 is 5.32 Å². The highest BCUT2D eigenvalue weighted by Crippen LogP contribution is 2.39. The number of aromatic nitrogens is 1. The molecule has 11 heteroatoms. The maximum atomic E-state index is 13.6. The van der Waals surface area contributed by atoms with Gasteiger partial charge in [-0.15, -0.1) is 0 Å². The van der Waals surface area contributed by atoms with Crippen LogP contribution in [0.5, 0.6) is 0 Å². The molecule has 0 spiro atoms. The van der Waals surface area contributed by atoms with Crippen LogP contribution in [0.15, 0.2) is 91.0 Å².